The molecule has 0 saturated carbocycles. The van der Waals surface area contributed by atoms with Crippen LogP contribution in [0.2, 0.25) is 0 Å². The van der Waals surface area contributed by atoms with Crippen LogP contribution >= 0.6 is 22.6 Å². The second-order valence-corrected chi connectivity index (χ2v) is 6.41. The van der Waals surface area contributed by atoms with Gasteiger partial charge >= 0.3 is 0 Å². The van der Waals surface area contributed by atoms with E-state index in [0.29, 0.717) is 12.0 Å². The van der Waals surface area contributed by atoms with Gasteiger partial charge in [0.05, 0.1) is 0 Å². The number of hydrogen-bond acceptors (Lipinski definition) is 2. The molecule has 0 spiro atoms. The van der Waals surface area contributed by atoms with Gasteiger partial charge in [0.2, 0.25) is 5.91 Å². The zero-order valence-corrected chi connectivity index (χ0v) is 14.0. The fraction of sp³-hybridized carbons (Fsp3) is 0.176. The van der Waals surface area contributed by atoms with Crippen LogP contribution in [0.3, 0.4) is 0 Å². The normalized spacial score (nSPS) is 14.2. The van der Waals surface area contributed by atoms with E-state index in [9.17, 15) is 9.59 Å². The summed E-state index contributed by atoms with van der Waals surface area (Å²) < 4.78 is 1.12. The molecule has 1 heterocycles. The monoisotopic (exact) mass is 406 g/mol. The Morgan fingerprint density at radius 3 is 2.59 bits per heavy atom. The molecule has 5 heteroatoms. The van der Waals surface area contributed by atoms with Gasteiger partial charge in [0.25, 0.3) is 5.91 Å². The van der Waals surface area contributed by atoms with Gasteiger partial charge in [0, 0.05) is 33.5 Å². The number of carbonyl (C=O) groups is 2. The molecular formula is C17H15IN2O2. The zero-order valence-electron chi connectivity index (χ0n) is 11.9. The molecule has 2 aromatic rings. The van der Waals surface area contributed by atoms with Gasteiger partial charge in [-0.25, -0.2) is 0 Å². The second kappa shape index (κ2) is 6.48. The molecule has 2 amide bonds. The van der Waals surface area contributed by atoms with E-state index in [1.807, 2.05) is 36.4 Å². The van der Waals surface area contributed by atoms with Crippen LogP contribution in [-0.4, -0.2) is 18.4 Å². The Morgan fingerprint density at radius 1 is 1.14 bits per heavy atom. The van der Waals surface area contributed by atoms with Gasteiger partial charge in [-0.2, -0.15) is 0 Å². The fourth-order valence-corrected chi connectivity index (χ4v) is 2.83. The van der Waals surface area contributed by atoms with E-state index in [2.05, 4.69) is 27.9 Å². The first-order valence-electron chi connectivity index (χ1n) is 7.11. The number of amides is 2. The van der Waals surface area contributed by atoms with E-state index in [-0.39, 0.29) is 11.8 Å². The highest BCUT2D eigenvalue weighted by molar-refractivity contribution is 14.1. The number of rotatable bonds is 3. The second-order valence-electron chi connectivity index (χ2n) is 5.16. The molecule has 1 fully saturated rings. The van der Waals surface area contributed by atoms with Gasteiger partial charge in [0.1, 0.15) is 0 Å². The van der Waals surface area contributed by atoms with E-state index in [0.717, 1.165) is 27.9 Å². The van der Waals surface area contributed by atoms with Crippen molar-refractivity contribution >= 4 is 45.8 Å². The predicted molar refractivity (Wildman–Crippen MR) is 95.1 cm³/mol. The molecule has 1 saturated heterocycles. The van der Waals surface area contributed by atoms with Gasteiger partial charge in [0.15, 0.2) is 0 Å². The molecule has 0 radical (unpaired) electrons. The SMILES string of the molecule is O=C(Nc1ccc(I)cc1)c1cccc(N2CCCC2=O)c1. The lowest BCUT2D eigenvalue weighted by molar-refractivity contribution is -0.117. The summed E-state index contributed by atoms with van der Waals surface area (Å²) in [6.45, 7) is 0.723. The highest BCUT2D eigenvalue weighted by Crippen LogP contribution is 2.22. The number of anilines is 2. The summed E-state index contributed by atoms with van der Waals surface area (Å²) >= 11 is 2.22. The Hall–Kier alpha value is -1.89. The standard InChI is InChI=1S/C17H15IN2O2/c18-13-6-8-14(9-7-13)19-17(22)12-3-1-4-15(11-12)20-10-2-5-16(20)21/h1,3-4,6-9,11H,2,5,10H2,(H,19,22). The molecule has 0 aliphatic carbocycles. The lowest BCUT2D eigenvalue weighted by Gasteiger charge is -2.16. The van der Waals surface area contributed by atoms with E-state index < -0.39 is 0 Å². The average Bonchev–Trinajstić information content (AvgIpc) is 2.96. The summed E-state index contributed by atoms with van der Waals surface area (Å²) in [6, 6.07) is 14.8. The fourth-order valence-electron chi connectivity index (χ4n) is 2.47. The molecule has 2 aromatic carbocycles. The number of nitrogens with one attached hydrogen (secondary N) is 1. The molecule has 0 bridgehead atoms. The molecule has 4 nitrogen and oxygen atoms in total. The molecule has 1 N–H and O–H groups in total. The van der Waals surface area contributed by atoms with Crippen LogP contribution in [0, 0.1) is 3.57 Å². The van der Waals surface area contributed by atoms with Crippen molar-refractivity contribution in [3.63, 3.8) is 0 Å². The lowest BCUT2D eigenvalue weighted by atomic mass is 10.1. The van der Waals surface area contributed by atoms with Gasteiger partial charge < -0.3 is 10.2 Å². The van der Waals surface area contributed by atoms with E-state index in [4.69, 9.17) is 0 Å². The quantitative estimate of drug-likeness (QED) is 0.791. The van der Waals surface area contributed by atoms with Crippen molar-refractivity contribution in [2.45, 2.75) is 12.8 Å². The Labute approximate surface area is 142 Å². The Bertz CT molecular complexity index is 713. The number of benzene rings is 2. The average molecular weight is 406 g/mol. The third-order valence-corrected chi connectivity index (χ3v) is 4.31. The van der Waals surface area contributed by atoms with Crippen LogP contribution < -0.4 is 10.2 Å². The van der Waals surface area contributed by atoms with Gasteiger partial charge in [-0.05, 0) is 71.5 Å². The summed E-state index contributed by atoms with van der Waals surface area (Å²) in [7, 11) is 0. The molecular weight excluding hydrogens is 391 g/mol. The Balaban J connectivity index is 1.78. The molecule has 0 aromatic heterocycles. The van der Waals surface area contributed by atoms with Crippen molar-refractivity contribution in [3.05, 3.63) is 57.7 Å². The maximum Gasteiger partial charge on any atom is 0.255 e. The minimum absolute atomic E-state index is 0.121. The predicted octanol–water partition coefficient (Wildman–Crippen LogP) is 3.67. The van der Waals surface area contributed by atoms with Crippen molar-refractivity contribution in [1.29, 1.82) is 0 Å². The summed E-state index contributed by atoms with van der Waals surface area (Å²) in [5, 5.41) is 2.87. The van der Waals surface area contributed by atoms with Gasteiger partial charge in [-0.1, -0.05) is 6.07 Å². The van der Waals surface area contributed by atoms with Crippen LogP contribution in [0.15, 0.2) is 48.5 Å². The number of carbonyl (C=O) groups excluding carboxylic acids is 2. The lowest BCUT2D eigenvalue weighted by Crippen LogP contribution is -2.24. The summed E-state index contributed by atoms with van der Waals surface area (Å²) in [5.41, 5.74) is 2.10. The van der Waals surface area contributed by atoms with E-state index in [1.54, 1.807) is 17.0 Å². The topological polar surface area (TPSA) is 49.4 Å². The van der Waals surface area contributed by atoms with Crippen molar-refractivity contribution in [1.82, 2.24) is 0 Å². The van der Waals surface area contributed by atoms with Crippen molar-refractivity contribution in [2.75, 3.05) is 16.8 Å². The molecule has 1 aliphatic rings. The maximum atomic E-state index is 12.3. The van der Waals surface area contributed by atoms with Crippen molar-refractivity contribution in [3.8, 4) is 0 Å². The molecule has 0 unspecified atom stereocenters. The largest absolute Gasteiger partial charge is 0.322 e. The zero-order chi connectivity index (χ0) is 15.5. The first-order chi connectivity index (χ1) is 10.6. The third kappa shape index (κ3) is 3.30. The molecule has 22 heavy (non-hydrogen) atoms. The van der Waals surface area contributed by atoms with Crippen LogP contribution in [-0.2, 0) is 4.79 Å². The van der Waals surface area contributed by atoms with E-state index in [1.165, 1.54) is 0 Å². The minimum atomic E-state index is -0.172. The summed E-state index contributed by atoms with van der Waals surface area (Å²) in [4.78, 5) is 25.9. The van der Waals surface area contributed by atoms with Gasteiger partial charge in [-0.3, -0.25) is 9.59 Å². The Kier molecular flexibility index (Phi) is 4.42. The Morgan fingerprint density at radius 2 is 1.91 bits per heavy atom. The first-order valence-corrected chi connectivity index (χ1v) is 8.19. The summed E-state index contributed by atoms with van der Waals surface area (Å²) in [6.07, 6.45) is 1.46. The number of halogens is 1. The van der Waals surface area contributed by atoms with Crippen molar-refractivity contribution < 1.29 is 9.59 Å². The van der Waals surface area contributed by atoms with E-state index >= 15 is 0 Å². The number of nitrogens with zero attached hydrogens (tertiary/aromatic N) is 1. The van der Waals surface area contributed by atoms with Crippen LogP contribution in [0.5, 0.6) is 0 Å². The third-order valence-electron chi connectivity index (χ3n) is 3.60. The van der Waals surface area contributed by atoms with Crippen LogP contribution in [0.4, 0.5) is 11.4 Å². The highest BCUT2D eigenvalue weighted by atomic mass is 127. The van der Waals surface area contributed by atoms with Crippen molar-refractivity contribution in [2.24, 2.45) is 0 Å². The molecule has 3 rings (SSSR count). The molecule has 1 aliphatic heterocycles. The van der Waals surface area contributed by atoms with Crippen LogP contribution in [0.1, 0.15) is 23.2 Å². The minimum Gasteiger partial charge on any atom is -0.322 e. The highest BCUT2D eigenvalue weighted by Gasteiger charge is 2.22. The van der Waals surface area contributed by atoms with Gasteiger partial charge in [-0.15, -0.1) is 0 Å². The first kappa shape index (κ1) is 15.0. The smallest absolute Gasteiger partial charge is 0.255 e. The summed E-state index contributed by atoms with van der Waals surface area (Å²) in [5.74, 6) is -0.0510. The molecule has 0 atom stereocenters. The molecule has 112 valence electrons. The number of hydrogen-bond donors (Lipinski definition) is 1. The maximum absolute atomic E-state index is 12.3. The van der Waals surface area contributed by atoms with Crippen LogP contribution in [0.25, 0.3) is 0 Å².